The third kappa shape index (κ3) is 8.59. The smallest absolute Gasteiger partial charge is 0.343 e. The highest BCUT2D eigenvalue weighted by atomic mass is 32.1. The third-order valence-electron chi connectivity index (χ3n) is 11.6. The van der Waals surface area contributed by atoms with Crippen molar-refractivity contribution in [2.45, 2.75) is 83.2 Å². The fourth-order valence-electron chi connectivity index (χ4n) is 8.33. The summed E-state index contributed by atoms with van der Waals surface area (Å²) in [4.78, 5) is 94.8. The number of carbonyl (C=O) groups excluding carboxylic acids is 6. The average Bonchev–Trinajstić information content (AvgIpc) is 3.63. The number of benzene rings is 2. The Morgan fingerprint density at radius 3 is 2.49 bits per heavy atom. The highest BCUT2D eigenvalue weighted by Gasteiger charge is 2.46. The number of aryl methyl sites for hydroxylation is 1. The molecule has 2 aromatic carbocycles. The highest BCUT2D eigenvalue weighted by Crippen LogP contribution is 2.46. The van der Waals surface area contributed by atoms with E-state index in [1.54, 1.807) is 44.2 Å². The van der Waals surface area contributed by atoms with E-state index >= 15 is 4.39 Å². The first-order valence-electron chi connectivity index (χ1n) is 20.1. The molecule has 4 heterocycles. The minimum atomic E-state index is -2.02. The molecule has 7 rings (SSSR count). The van der Waals surface area contributed by atoms with Gasteiger partial charge in [-0.25, -0.2) is 14.2 Å². The number of pyridine rings is 2. The van der Waals surface area contributed by atoms with Crippen LogP contribution in [0.25, 0.3) is 22.3 Å². The number of rotatable bonds is 15. The van der Waals surface area contributed by atoms with Crippen LogP contribution >= 0.6 is 12.6 Å². The zero-order valence-corrected chi connectivity index (χ0v) is 34.5. The van der Waals surface area contributed by atoms with Gasteiger partial charge in [0.1, 0.15) is 18.5 Å². The van der Waals surface area contributed by atoms with E-state index in [0.29, 0.717) is 46.3 Å². The lowest BCUT2D eigenvalue weighted by molar-refractivity contribution is -0.172. The molecule has 16 nitrogen and oxygen atoms in total. The van der Waals surface area contributed by atoms with E-state index in [-0.39, 0.29) is 81.3 Å². The molecule has 2 aliphatic heterocycles. The van der Waals surface area contributed by atoms with Crippen molar-refractivity contribution in [1.29, 1.82) is 0 Å². The van der Waals surface area contributed by atoms with Gasteiger partial charge in [0.25, 0.3) is 5.56 Å². The van der Waals surface area contributed by atoms with Gasteiger partial charge < -0.3 is 41.0 Å². The fraction of sp³-hybridized carbons (Fsp3) is 0.395. The van der Waals surface area contributed by atoms with Crippen molar-refractivity contribution in [2.75, 3.05) is 25.4 Å². The van der Waals surface area contributed by atoms with E-state index in [1.807, 2.05) is 6.07 Å². The Bertz CT molecular complexity index is 2530. The summed E-state index contributed by atoms with van der Waals surface area (Å²) in [6.07, 6.45) is 1.33. The number of halogens is 1. The molecule has 3 aliphatic rings. The molecule has 0 saturated heterocycles. The number of nitrogens with one attached hydrogen (secondary N) is 5. The largest absolute Gasteiger partial charge is 0.458 e. The third-order valence-corrected chi connectivity index (χ3v) is 11.9. The minimum absolute atomic E-state index is 0.0227. The van der Waals surface area contributed by atoms with Crippen molar-refractivity contribution in [3.05, 3.63) is 97.6 Å². The summed E-state index contributed by atoms with van der Waals surface area (Å²) in [7, 11) is 0. The Hall–Kier alpha value is -6.14. The molecule has 1 aliphatic carbocycles. The summed E-state index contributed by atoms with van der Waals surface area (Å²) in [5, 5.41) is 25.4. The minimum Gasteiger partial charge on any atom is -0.458 e. The van der Waals surface area contributed by atoms with Crippen LogP contribution in [0.1, 0.15) is 77.6 Å². The molecule has 61 heavy (non-hydrogen) atoms. The van der Waals surface area contributed by atoms with Crippen molar-refractivity contribution in [2.24, 2.45) is 0 Å². The first-order valence-corrected chi connectivity index (χ1v) is 20.7. The number of aromatic nitrogens is 2. The number of fused-ring (bicyclic) bond motifs is 5. The first-order chi connectivity index (χ1) is 29.2. The van der Waals surface area contributed by atoms with Crippen molar-refractivity contribution in [1.82, 2.24) is 36.1 Å². The summed E-state index contributed by atoms with van der Waals surface area (Å²) in [6, 6.07) is 10.4. The average molecular weight is 856 g/mol. The normalized spacial score (nSPS) is 17.6. The van der Waals surface area contributed by atoms with Gasteiger partial charge in [0.05, 0.1) is 53.9 Å². The Morgan fingerprint density at radius 1 is 1.00 bits per heavy atom. The molecule has 5 amide bonds. The van der Waals surface area contributed by atoms with Crippen molar-refractivity contribution >= 4 is 59.0 Å². The second kappa shape index (κ2) is 17.8. The first kappa shape index (κ1) is 43.0. The molecule has 6 N–H and O–H groups in total. The van der Waals surface area contributed by atoms with Gasteiger partial charge >= 0.3 is 5.97 Å². The summed E-state index contributed by atoms with van der Waals surface area (Å²) in [5.41, 5.74) is 2.42. The molecule has 3 atom stereocenters. The summed E-state index contributed by atoms with van der Waals surface area (Å²) in [6.45, 7) is 2.52. The molecule has 320 valence electrons. The number of amides is 5. The number of aliphatic hydroxyl groups is 1. The Labute approximate surface area is 354 Å². The zero-order chi connectivity index (χ0) is 43.6. The predicted molar refractivity (Wildman–Crippen MR) is 223 cm³/mol. The summed E-state index contributed by atoms with van der Waals surface area (Å²) >= 11 is 3.86. The van der Waals surface area contributed by atoms with E-state index in [0.717, 1.165) is 16.7 Å². The molecular weight excluding hydrogens is 810 g/mol. The van der Waals surface area contributed by atoms with Gasteiger partial charge in [-0.15, -0.1) is 0 Å². The van der Waals surface area contributed by atoms with E-state index in [2.05, 4.69) is 39.2 Å². The van der Waals surface area contributed by atoms with E-state index in [1.165, 1.54) is 10.6 Å². The lowest BCUT2D eigenvalue weighted by Gasteiger charge is -2.31. The number of esters is 1. The Balaban J connectivity index is 1.00. The monoisotopic (exact) mass is 855 g/mol. The van der Waals surface area contributed by atoms with Gasteiger partial charge in [-0.1, -0.05) is 37.3 Å². The van der Waals surface area contributed by atoms with Crippen LogP contribution in [0.4, 0.5) is 4.39 Å². The fourth-order valence-corrected chi connectivity index (χ4v) is 8.45. The van der Waals surface area contributed by atoms with Crippen LogP contribution in [0.15, 0.2) is 47.3 Å². The molecule has 0 saturated carbocycles. The molecule has 0 unspecified atom stereocenters. The lowest BCUT2D eigenvalue weighted by Crippen LogP contribution is -2.52. The number of cyclic esters (lactones) is 1. The number of hydrogen-bond acceptors (Lipinski definition) is 11. The van der Waals surface area contributed by atoms with Crippen LogP contribution in [0.5, 0.6) is 0 Å². The van der Waals surface area contributed by atoms with Crippen LogP contribution in [-0.2, 0) is 65.1 Å². The maximum atomic E-state index is 15.3. The molecule has 4 aromatic rings. The number of nitrogens with zero attached hydrogens (tertiary/aromatic N) is 2. The molecule has 0 bridgehead atoms. The van der Waals surface area contributed by atoms with Gasteiger partial charge in [-0.3, -0.25) is 28.8 Å². The second-order valence-corrected chi connectivity index (χ2v) is 15.7. The topological polar surface area (TPSA) is 227 Å². The molecule has 0 radical (unpaired) electrons. The standard InChI is InChI=1S/C43H46FN7O9S/c1-3-43(59)27-15-32-39-25(19-51(32)41(57)26(27)20-60-42(43)58)38-29(12-11-24-22(2)28(44)16-30(50-39)37(24)38)48-33(52)10-7-13-45-34(53)17-47-40(56)31(14-23-8-5-4-6-9-23)49-35(54)18-46-36(55)21-61/h4-6,8-9,15-16,29,31,59,61H,3,7,10-14,17-21H2,1-2H3,(H,45,53)(H,46,55)(H,47,56)(H,48,52)(H,49,54)/t29-,31-,43-/m0/s1. The van der Waals surface area contributed by atoms with Crippen molar-refractivity contribution < 1.29 is 43.0 Å². The number of carbonyl (C=O) groups is 6. The van der Waals surface area contributed by atoms with Crippen LogP contribution in [0.2, 0.25) is 0 Å². The highest BCUT2D eigenvalue weighted by molar-refractivity contribution is 7.81. The Kier molecular flexibility index (Phi) is 12.6. The van der Waals surface area contributed by atoms with E-state index < -0.39 is 58.7 Å². The van der Waals surface area contributed by atoms with Crippen LogP contribution in [-0.4, -0.2) is 81.6 Å². The maximum Gasteiger partial charge on any atom is 0.343 e. The van der Waals surface area contributed by atoms with Gasteiger partial charge in [0.15, 0.2) is 5.60 Å². The quantitative estimate of drug-likeness (QED) is 0.0456. The van der Waals surface area contributed by atoms with Gasteiger partial charge in [0.2, 0.25) is 29.5 Å². The van der Waals surface area contributed by atoms with Crippen LogP contribution in [0, 0.1) is 12.7 Å². The van der Waals surface area contributed by atoms with Gasteiger partial charge in [-0.2, -0.15) is 12.6 Å². The van der Waals surface area contributed by atoms with Crippen LogP contribution < -0.4 is 32.1 Å². The summed E-state index contributed by atoms with van der Waals surface area (Å²) in [5.74, 6) is -3.83. The van der Waals surface area contributed by atoms with Gasteiger partial charge in [-0.05, 0) is 60.9 Å². The van der Waals surface area contributed by atoms with Crippen molar-refractivity contribution in [3.63, 3.8) is 0 Å². The van der Waals surface area contributed by atoms with Crippen molar-refractivity contribution in [3.8, 4) is 11.4 Å². The van der Waals surface area contributed by atoms with Gasteiger partial charge in [0, 0.05) is 42.0 Å². The SMILES string of the molecule is CC[C@@]1(O)C(=O)OCc2c1cc1n(c2=O)Cc2c-1nc1cc(F)c(C)c3c1c2[C@@H](NC(=O)CCCNC(=O)CNC(=O)[C@H](Cc1ccccc1)NC(=O)CNC(=O)CS)CC3. The second-order valence-electron chi connectivity index (χ2n) is 15.4. The lowest BCUT2D eigenvalue weighted by atomic mass is 9.81. The number of thiol groups is 1. The summed E-state index contributed by atoms with van der Waals surface area (Å²) < 4.78 is 22.0. The predicted octanol–water partition coefficient (Wildman–Crippen LogP) is 1.42. The molecule has 0 fully saturated rings. The molecule has 18 heteroatoms. The number of ether oxygens (including phenoxy) is 1. The Morgan fingerprint density at radius 2 is 1.75 bits per heavy atom. The van der Waals surface area contributed by atoms with Crippen LogP contribution in [0.3, 0.4) is 0 Å². The molecule has 2 aromatic heterocycles. The molecule has 0 spiro atoms. The van der Waals surface area contributed by atoms with E-state index in [9.17, 15) is 38.7 Å². The number of hydrogen-bond donors (Lipinski definition) is 7. The zero-order valence-electron chi connectivity index (χ0n) is 33.6. The van der Waals surface area contributed by atoms with E-state index in [4.69, 9.17) is 9.72 Å². The maximum absolute atomic E-state index is 15.3. The molecular formula is C43H46FN7O9S.